The molecule has 2 N–H and O–H groups in total. The van der Waals surface area contributed by atoms with Crippen LogP contribution in [-0.4, -0.2) is 36.9 Å². The van der Waals surface area contributed by atoms with Crippen LogP contribution in [0.2, 0.25) is 10.0 Å². The zero-order valence-electron chi connectivity index (χ0n) is 22.1. The Morgan fingerprint density at radius 2 is 1.55 bits per heavy atom. The molecule has 0 aliphatic carbocycles. The van der Waals surface area contributed by atoms with Crippen LogP contribution in [0.25, 0.3) is 0 Å². The standard InChI is InChI=1S/C31H35Cl2N3O2/c1-4-26(24-14-15-27(32)28(33)20-24)29(22-10-12-23(13-11-22)30(38)34-3)36-18-16-31(17-19-36,35-21(2)37)25-8-6-5-7-9-25/h5-15,20,26,29H,4,16-19H2,1-3H3,(H,34,38)(H,35,37). The molecule has 2 atom stereocenters. The molecule has 38 heavy (non-hydrogen) atoms. The number of hydrogen-bond donors (Lipinski definition) is 2. The monoisotopic (exact) mass is 551 g/mol. The molecule has 1 aliphatic rings. The molecule has 4 rings (SSSR count). The number of halogens is 2. The summed E-state index contributed by atoms with van der Waals surface area (Å²) in [6.45, 7) is 5.38. The minimum Gasteiger partial charge on any atom is -0.355 e. The second-order valence-corrected chi connectivity index (χ2v) is 10.8. The molecule has 1 aliphatic heterocycles. The first kappa shape index (κ1) is 28.2. The van der Waals surface area contributed by atoms with E-state index in [1.807, 2.05) is 42.5 Å². The van der Waals surface area contributed by atoms with Gasteiger partial charge in [-0.15, -0.1) is 0 Å². The van der Waals surface area contributed by atoms with Gasteiger partial charge in [0.2, 0.25) is 5.91 Å². The molecule has 3 aromatic carbocycles. The summed E-state index contributed by atoms with van der Waals surface area (Å²) >= 11 is 12.7. The topological polar surface area (TPSA) is 61.4 Å². The van der Waals surface area contributed by atoms with Gasteiger partial charge in [-0.3, -0.25) is 14.5 Å². The molecule has 2 amide bonds. The Morgan fingerprint density at radius 1 is 0.921 bits per heavy atom. The third-order valence-electron chi connectivity index (χ3n) is 7.72. The first-order valence-corrected chi connectivity index (χ1v) is 13.9. The molecular formula is C31H35Cl2N3O2. The van der Waals surface area contributed by atoms with E-state index in [4.69, 9.17) is 23.2 Å². The number of hydrogen-bond acceptors (Lipinski definition) is 3. The Labute approximate surface area is 235 Å². The van der Waals surface area contributed by atoms with E-state index < -0.39 is 5.54 Å². The molecule has 200 valence electrons. The lowest BCUT2D eigenvalue weighted by molar-refractivity contribution is -0.121. The summed E-state index contributed by atoms with van der Waals surface area (Å²) in [6.07, 6.45) is 2.48. The van der Waals surface area contributed by atoms with E-state index in [1.165, 1.54) is 0 Å². The second kappa shape index (κ2) is 12.3. The fourth-order valence-electron chi connectivity index (χ4n) is 5.82. The van der Waals surface area contributed by atoms with Crippen LogP contribution < -0.4 is 10.6 Å². The van der Waals surface area contributed by atoms with Crippen molar-refractivity contribution in [2.75, 3.05) is 20.1 Å². The van der Waals surface area contributed by atoms with Crippen LogP contribution in [0.15, 0.2) is 72.8 Å². The zero-order valence-corrected chi connectivity index (χ0v) is 23.6. The number of carbonyl (C=O) groups is 2. The molecule has 5 nitrogen and oxygen atoms in total. The van der Waals surface area contributed by atoms with Gasteiger partial charge in [-0.05, 0) is 60.2 Å². The summed E-state index contributed by atoms with van der Waals surface area (Å²) in [5.74, 6) is 0.0250. The summed E-state index contributed by atoms with van der Waals surface area (Å²) in [7, 11) is 1.64. The fourth-order valence-corrected chi connectivity index (χ4v) is 6.13. The van der Waals surface area contributed by atoms with Crippen LogP contribution in [-0.2, 0) is 10.3 Å². The average molecular weight is 553 g/mol. The minimum absolute atomic E-state index is 0.0223. The van der Waals surface area contributed by atoms with Gasteiger partial charge in [0, 0.05) is 44.6 Å². The Hall–Kier alpha value is -2.86. The van der Waals surface area contributed by atoms with Crippen molar-refractivity contribution in [3.8, 4) is 0 Å². The van der Waals surface area contributed by atoms with E-state index in [-0.39, 0.29) is 23.8 Å². The molecule has 1 saturated heterocycles. The number of rotatable bonds is 8. The second-order valence-electron chi connectivity index (χ2n) is 10.00. The number of nitrogens with one attached hydrogen (secondary N) is 2. The van der Waals surface area contributed by atoms with Gasteiger partial charge in [-0.1, -0.05) is 78.7 Å². The smallest absolute Gasteiger partial charge is 0.251 e. The van der Waals surface area contributed by atoms with E-state index in [2.05, 4.69) is 52.8 Å². The van der Waals surface area contributed by atoms with Gasteiger partial charge in [0.15, 0.2) is 0 Å². The Morgan fingerprint density at radius 3 is 2.11 bits per heavy atom. The molecule has 0 radical (unpaired) electrons. The fraction of sp³-hybridized carbons (Fsp3) is 0.355. The largest absolute Gasteiger partial charge is 0.355 e. The van der Waals surface area contributed by atoms with Crippen molar-refractivity contribution in [1.29, 1.82) is 0 Å². The number of nitrogens with zero attached hydrogens (tertiary/aromatic N) is 1. The highest BCUT2D eigenvalue weighted by Gasteiger charge is 2.40. The van der Waals surface area contributed by atoms with E-state index >= 15 is 0 Å². The molecule has 0 aromatic heterocycles. The normalized spacial score (nSPS) is 16.9. The molecule has 1 fully saturated rings. The summed E-state index contributed by atoms with van der Waals surface area (Å²) in [4.78, 5) is 27.0. The number of carbonyl (C=O) groups excluding carboxylic acids is 2. The first-order valence-electron chi connectivity index (χ1n) is 13.1. The minimum atomic E-state index is -0.400. The van der Waals surface area contributed by atoms with Gasteiger partial charge in [0.05, 0.1) is 15.6 Å². The molecular weight excluding hydrogens is 517 g/mol. The van der Waals surface area contributed by atoms with Crippen LogP contribution in [0.1, 0.15) is 72.1 Å². The summed E-state index contributed by atoms with van der Waals surface area (Å²) in [5, 5.41) is 7.06. The summed E-state index contributed by atoms with van der Waals surface area (Å²) < 4.78 is 0. The van der Waals surface area contributed by atoms with E-state index in [9.17, 15) is 9.59 Å². The molecule has 0 bridgehead atoms. The first-order chi connectivity index (χ1) is 18.3. The van der Waals surface area contributed by atoms with Crippen LogP contribution in [0.3, 0.4) is 0 Å². The van der Waals surface area contributed by atoms with Crippen LogP contribution >= 0.6 is 23.2 Å². The van der Waals surface area contributed by atoms with E-state index in [0.717, 1.165) is 49.0 Å². The van der Waals surface area contributed by atoms with Crippen molar-refractivity contribution in [3.63, 3.8) is 0 Å². The average Bonchev–Trinajstić information content (AvgIpc) is 2.94. The molecule has 1 heterocycles. The third-order valence-corrected chi connectivity index (χ3v) is 8.46. The SMILES string of the molecule is CCC(c1ccc(Cl)c(Cl)c1)C(c1ccc(C(=O)NC)cc1)N1CCC(NC(C)=O)(c2ccccc2)CC1. The maximum atomic E-state index is 12.3. The van der Waals surface area contributed by atoms with Gasteiger partial charge < -0.3 is 10.6 Å². The Bertz CT molecular complexity index is 1260. The van der Waals surface area contributed by atoms with Crippen molar-refractivity contribution >= 4 is 35.0 Å². The predicted molar refractivity (Wildman–Crippen MR) is 155 cm³/mol. The number of piperidine rings is 1. The highest BCUT2D eigenvalue weighted by atomic mass is 35.5. The van der Waals surface area contributed by atoms with Gasteiger partial charge in [0.25, 0.3) is 5.91 Å². The predicted octanol–water partition coefficient (Wildman–Crippen LogP) is 6.72. The quantitative estimate of drug-likeness (QED) is 0.326. The highest BCUT2D eigenvalue weighted by molar-refractivity contribution is 6.42. The summed E-state index contributed by atoms with van der Waals surface area (Å²) in [5.41, 5.74) is 3.64. The Kier molecular flexibility index (Phi) is 9.14. The lowest BCUT2D eigenvalue weighted by Crippen LogP contribution is -2.53. The molecule has 0 saturated carbocycles. The number of benzene rings is 3. The van der Waals surface area contributed by atoms with Crippen molar-refractivity contribution in [3.05, 3.63) is 105 Å². The van der Waals surface area contributed by atoms with Gasteiger partial charge in [-0.25, -0.2) is 0 Å². The van der Waals surface area contributed by atoms with Gasteiger partial charge in [0.1, 0.15) is 0 Å². The van der Waals surface area contributed by atoms with E-state index in [1.54, 1.807) is 14.0 Å². The van der Waals surface area contributed by atoms with Crippen molar-refractivity contribution in [2.24, 2.45) is 0 Å². The van der Waals surface area contributed by atoms with Crippen LogP contribution in [0.5, 0.6) is 0 Å². The van der Waals surface area contributed by atoms with Crippen LogP contribution in [0.4, 0.5) is 0 Å². The third kappa shape index (κ3) is 6.06. The molecule has 7 heteroatoms. The van der Waals surface area contributed by atoms with Crippen molar-refractivity contribution in [2.45, 2.75) is 50.6 Å². The molecule has 0 spiro atoms. The lowest BCUT2D eigenvalue weighted by atomic mass is 9.78. The maximum Gasteiger partial charge on any atom is 0.251 e. The van der Waals surface area contributed by atoms with Crippen molar-refractivity contribution < 1.29 is 9.59 Å². The lowest BCUT2D eigenvalue weighted by Gasteiger charge is -2.47. The maximum absolute atomic E-state index is 12.3. The molecule has 2 unspecified atom stereocenters. The molecule has 3 aromatic rings. The van der Waals surface area contributed by atoms with E-state index in [0.29, 0.717) is 15.6 Å². The highest BCUT2D eigenvalue weighted by Crippen LogP contribution is 2.43. The van der Waals surface area contributed by atoms with Gasteiger partial charge in [-0.2, -0.15) is 0 Å². The van der Waals surface area contributed by atoms with Gasteiger partial charge >= 0.3 is 0 Å². The number of likely N-dealkylation sites (tertiary alicyclic amines) is 1. The summed E-state index contributed by atoms with van der Waals surface area (Å²) in [6, 6.07) is 24.1. The Balaban J connectivity index is 1.70. The number of amides is 2. The van der Waals surface area contributed by atoms with Crippen molar-refractivity contribution in [1.82, 2.24) is 15.5 Å². The van der Waals surface area contributed by atoms with Crippen LogP contribution in [0, 0.1) is 0 Å². The zero-order chi connectivity index (χ0) is 27.3.